The monoisotopic (exact) mass is 298 g/mol. The van der Waals surface area contributed by atoms with Crippen molar-refractivity contribution in [2.24, 2.45) is 0 Å². The predicted octanol–water partition coefficient (Wildman–Crippen LogP) is 3.96. The van der Waals surface area contributed by atoms with Crippen LogP contribution in [0.25, 0.3) is 16.6 Å². The number of nitrogens with zero attached hydrogens (tertiary/aromatic N) is 2. The van der Waals surface area contributed by atoms with Crippen molar-refractivity contribution in [1.29, 1.82) is 0 Å². The molecule has 0 saturated heterocycles. The Balaban J connectivity index is 2.39. The maximum Gasteiger partial charge on any atom is 0.266 e. The quantitative estimate of drug-likeness (QED) is 0.637. The Kier molecular flexibility index (Phi) is 3.30. The van der Waals surface area contributed by atoms with Crippen molar-refractivity contribution in [3.63, 3.8) is 0 Å². The first-order chi connectivity index (χ1) is 9.95. The first-order valence-electron chi connectivity index (χ1n) is 6.73. The van der Waals surface area contributed by atoms with Crippen LogP contribution in [-0.2, 0) is 0 Å². The average Bonchev–Trinajstić information content (AvgIpc) is 2.39. The molecule has 106 valence electrons. The van der Waals surface area contributed by atoms with Gasteiger partial charge in [0.25, 0.3) is 5.56 Å². The molecule has 21 heavy (non-hydrogen) atoms. The van der Waals surface area contributed by atoms with Gasteiger partial charge in [0.1, 0.15) is 0 Å². The minimum absolute atomic E-state index is 0.140. The standard InChI is InChI=1S/C17H15ClN2O/c1-10-4-5-15-14(9-10)16(21)20(17(18)19-15)13-7-11(2)6-12(3)8-13/h4-9H,1-3H3. The van der Waals surface area contributed by atoms with Gasteiger partial charge in [-0.25, -0.2) is 4.98 Å². The zero-order valence-electron chi connectivity index (χ0n) is 12.1. The number of hydrogen-bond donors (Lipinski definition) is 0. The first-order valence-corrected chi connectivity index (χ1v) is 7.11. The molecule has 0 unspecified atom stereocenters. The Labute approximate surface area is 127 Å². The van der Waals surface area contributed by atoms with E-state index in [1.807, 2.05) is 51.1 Å². The third-order valence-electron chi connectivity index (χ3n) is 3.45. The van der Waals surface area contributed by atoms with Gasteiger partial charge in [0, 0.05) is 0 Å². The molecule has 0 fully saturated rings. The highest BCUT2D eigenvalue weighted by atomic mass is 35.5. The number of aryl methyl sites for hydroxylation is 3. The summed E-state index contributed by atoms with van der Waals surface area (Å²) >= 11 is 6.24. The van der Waals surface area contributed by atoms with Crippen LogP contribution in [0.15, 0.2) is 41.2 Å². The maximum absolute atomic E-state index is 12.8. The predicted molar refractivity (Wildman–Crippen MR) is 86.6 cm³/mol. The normalized spacial score (nSPS) is 11.0. The first kappa shape index (κ1) is 13.8. The number of rotatable bonds is 1. The molecular weight excluding hydrogens is 284 g/mol. The molecule has 2 aromatic carbocycles. The molecule has 0 amide bonds. The van der Waals surface area contributed by atoms with E-state index in [9.17, 15) is 4.79 Å². The Morgan fingerprint density at radius 3 is 2.29 bits per heavy atom. The Morgan fingerprint density at radius 2 is 1.62 bits per heavy atom. The Morgan fingerprint density at radius 1 is 0.952 bits per heavy atom. The summed E-state index contributed by atoms with van der Waals surface area (Å²) in [5.74, 6) is 0. The SMILES string of the molecule is Cc1cc(C)cc(-n2c(Cl)nc3ccc(C)cc3c2=O)c1. The van der Waals surface area contributed by atoms with Gasteiger partial charge in [0.2, 0.25) is 5.28 Å². The van der Waals surface area contributed by atoms with Crippen molar-refractivity contribution in [1.82, 2.24) is 9.55 Å². The van der Waals surface area contributed by atoms with Crippen molar-refractivity contribution in [2.75, 3.05) is 0 Å². The van der Waals surface area contributed by atoms with Crippen LogP contribution in [-0.4, -0.2) is 9.55 Å². The molecule has 3 aromatic rings. The molecule has 3 rings (SSSR count). The minimum atomic E-state index is -0.140. The zero-order valence-corrected chi connectivity index (χ0v) is 12.9. The molecule has 0 bridgehead atoms. The summed E-state index contributed by atoms with van der Waals surface area (Å²) in [5.41, 5.74) is 4.42. The Hall–Kier alpha value is -2.13. The number of benzene rings is 2. The largest absolute Gasteiger partial charge is 0.268 e. The van der Waals surface area contributed by atoms with Crippen molar-refractivity contribution in [3.8, 4) is 5.69 Å². The highest BCUT2D eigenvalue weighted by Gasteiger charge is 2.12. The number of halogens is 1. The average molecular weight is 299 g/mol. The molecule has 1 heterocycles. The molecule has 0 atom stereocenters. The van der Waals surface area contributed by atoms with Gasteiger partial charge in [-0.1, -0.05) is 17.7 Å². The Bertz CT molecular complexity index is 892. The zero-order chi connectivity index (χ0) is 15.1. The third-order valence-corrected chi connectivity index (χ3v) is 3.70. The van der Waals surface area contributed by atoms with E-state index in [-0.39, 0.29) is 10.8 Å². The van der Waals surface area contributed by atoms with E-state index in [0.717, 1.165) is 22.4 Å². The summed E-state index contributed by atoms with van der Waals surface area (Å²) in [6.45, 7) is 5.94. The highest BCUT2D eigenvalue weighted by Crippen LogP contribution is 2.19. The fourth-order valence-corrected chi connectivity index (χ4v) is 2.84. The second-order valence-corrected chi connectivity index (χ2v) is 5.73. The van der Waals surface area contributed by atoms with E-state index in [1.54, 1.807) is 0 Å². The summed E-state index contributed by atoms with van der Waals surface area (Å²) in [7, 11) is 0. The lowest BCUT2D eigenvalue weighted by Crippen LogP contribution is -2.20. The molecule has 0 aliphatic carbocycles. The fraction of sp³-hybridized carbons (Fsp3) is 0.176. The van der Waals surface area contributed by atoms with E-state index in [2.05, 4.69) is 11.1 Å². The summed E-state index contributed by atoms with van der Waals surface area (Å²) < 4.78 is 1.46. The van der Waals surface area contributed by atoms with E-state index < -0.39 is 0 Å². The van der Waals surface area contributed by atoms with E-state index in [1.165, 1.54) is 4.57 Å². The van der Waals surface area contributed by atoms with Gasteiger partial charge < -0.3 is 0 Å². The second-order valence-electron chi connectivity index (χ2n) is 5.39. The van der Waals surface area contributed by atoms with Crippen LogP contribution in [0, 0.1) is 20.8 Å². The third kappa shape index (κ3) is 2.45. The van der Waals surface area contributed by atoms with Gasteiger partial charge in [-0.05, 0) is 67.8 Å². The summed E-state index contributed by atoms with van der Waals surface area (Å²) in [6.07, 6.45) is 0. The van der Waals surface area contributed by atoms with Crippen LogP contribution in [0.2, 0.25) is 5.28 Å². The van der Waals surface area contributed by atoms with Crippen LogP contribution in [0.5, 0.6) is 0 Å². The van der Waals surface area contributed by atoms with Gasteiger partial charge in [-0.15, -0.1) is 0 Å². The molecule has 0 radical (unpaired) electrons. The summed E-state index contributed by atoms with van der Waals surface area (Å²) in [6, 6.07) is 11.5. The van der Waals surface area contributed by atoms with Gasteiger partial charge in [0.05, 0.1) is 16.6 Å². The smallest absolute Gasteiger partial charge is 0.266 e. The van der Waals surface area contributed by atoms with Gasteiger partial charge in [-0.3, -0.25) is 9.36 Å². The van der Waals surface area contributed by atoms with Crippen molar-refractivity contribution in [2.45, 2.75) is 20.8 Å². The number of fused-ring (bicyclic) bond motifs is 1. The van der Waals surface area contributed by atoms with E-state index >= 15 is 0 Å². The highest BCUT2D eigenvalue weighted by molar-refractivity contribution is 6.29. The lowest BCUT2D eigenvalue weighted by atomic mass is 10.1. The lowest BCUT2D eigenvalue weighted by molar-refractivity contribution is 0.959. The molecule has 0 aliphatic heterocycles. The fourth-order valence-electron chi connectivity index (χ4n) is 2.58. The molecule has 0 aliphatic rings. The topological polar surface area (TPSA) is 34.9 Å². The summed E-state index contributed by atoms with van der Waals surface area (Å²) in [5, 5.41) is 0.764. The van der Waals surface area contributed by atoms with Crippen molar-refractivity contribution < 1.29 is 0 Å². The molecule has 3 nitrogen and oxygen atoms in total. The van der Waals surface area contributed by atoms with Crippen LogP contribution in [0.4, 0.5) is 0 Å². The maximum atomic E-state index is 12.8. The molecule has 0 N–H and O–H groups in total. The molecule has 4 heteroatoms. The van der Waals surface area contributed by atoms with Crippen molar-refractivity contribution >= 4 is 22.5 Å². The number of aromatic nitrogens is 2. The van der Waals surface area contributed by atoms with E-state index in [4.69, 9.17) is 11.6 Å². The molecule has 0 saturated carbocycles. The minimum Gasteiger partial charge on any atom is -0.268 e. The van der Waals surface area contributed by atoms with E-state index in [0.29, 0.717) is 10.9 Å². The molecular formula is C17H15ClN2O. The van der Waals surface area contributed by atoms with Crippen LogP contribution >= 0.6 is 11.6 Å². The lowest BCUT2D eigenvalue weighted by Gasteiger charge is -2.11. The summed E-state index contributed by atoms with van der Waals surface area (Å²) in [4.78, 5) is 17.1. The molecule has 0 spiro atoms. The van der Waals surface area contributed by atoms with Gasteiger partial charge in [0.15, 0.2) is 0 Å². The molecule has 1 aromatic heterocycles. The van der Waals surface area contributed by atoms with Gasteiger partial charge in [-0.2, -0.15) is 0 Å². The van der Waals surface area contributed by atoms with Crippen molar-refractivity contribution in [3.05, 3.63) is 68.7 Å². The second kappa shape index (κ2) is 5.01. The van der Waals surface area contributed by atoms with Gasteiger partial charge >= 0.3 is 0 Å². The van der Waals surface area contributed by atoms with Crippen LogP contribution in [0.3, 0.4) is 0 Å². The van der Waals surface area contributed by atoms with Crippen LogP contribution in [0.1, 0.15) is 16.7 Å². The number of hydrogen-bond acceptors (Lipinski definition) is 2. The van der Waals surface area contributed by atoms with Crippen LogP contribution < -0.4 is 5.56 Å².